The topological polar surface area (TPSA) is 74.7 Å². The Morgan fingerprint density at radius 3 is 2.76 bits per heavy atom. The van der Waals surface area contributed by atoms with Crippen LogP contribution in [0.15, 0.2) is 48.5 Å². The van der Waals surface area contributed by atoms with Crippen LogP contribution in [0.2, 0.25) is 0 Å². The van der Waals surface area contributed by atoms with E-state index in [1.54, 1.807) is 18.2 Å². The summed E-state index contributed by atoms with van der Waals surface area (Å²) >= 11 is 1.49. The van der Waals surface area contributed by atoms with Crippen molar-refractivity contribution in [2.75, 3.05) is 13.7 Å². The van der Waals surface area contributed by atoms with E-state index in [9.17, 15) is 9.59 Å². The minimum Gasteiger partial charge on any atom is -0.482 e. The van der Waals surface area contributed by atoms with E-state index < -0.39 is 11.9 Å². The molecule has 0 saturated heterocycles. The molecule has 1 aromatic heterocycles. The van der Waals surface area contributed by atoms with Crippen molar-refractivity contribution >= 4 is 33.5 Å². The predicted molar refractivity (Wildman–Crippen MR) is 92.7 cm³/mol. The van der Waals surface area contributed by atoms with Crippen molar-refractivity contribution in [3.63, 3.8) is 0 Å². The lowest BCUT2D eigenvalue weighted by Crippen LogP contribution is -2.13. The van der Waals surface area contributed by atoms with Gasteiger partial charge in [-0.2, -0.15) is 0 Å². The molecule has 0 saturated carbocycles. The average molecular weight is 357 g/mol. The van der Waals surface area contributed by atoms with Crippen LogP contribution in [0.3, 0.4) is 0 Å². The van der Waals surface area contributed by atoms with E-state index in [4.69, 9.17) is 9.47 Å². The molecule has 0 aliphatic heterocycles. The van der Waals surface area contributed by atoms with Gasteiger partial charge in [-0.1, -0.05) is 18.2 Å². The number of aromatic nitrogens is 1. The molecule has 0 fully saturated rings. The molecule has 2 aromatic carbocycles. The van der Waals surface area contributed by atoms with Gasteiger partial charge < -0.3 is 14.2 Å². The van der Waals surface area contributed by atoms with Crippen molar-refractivity contribution in [3.05, 3.63) is 59.1 Å². The maximum absolute atomic E-state index is 12.2. The number of nitrogens with zero attached hydrogens (tertiary/aromatic N) is 1. The third kappa shape index (κ3) is 4.33. The number of hydrogen-bond donors (Lipinski definition) is 0. The molecule has 25 heavy (non-hydrogen) atoms. The lowest BCUT2D eigenvalue weighted by molar-refractivity contribution is -0.142. The van der Waals surface area contributed by atoms with E-state index >= 15 is 0 Å². The van der Waals surface area contributed by atoms with Crippen LogP contribution in [-0.4, -0.2) is 30.6 Å². The quantitative estimate of drug-likeness (QED) is 0.631. The van der Waals surface area contributed by atoms with Crippen LogP contribution < -0.4 is 4.74 Å². The summed E-state index contributed by atoms with van der Waals surface area (Å²) in [6.45, 7) is -0.119. The summed E-state index contributed by atoms with van der Waals surface area (Å²) in [7, 11) is 1.28. The number of carbonyl (C=O) groups is 2. The molecule has 128 valence electrons. The summed E-state index contributed by atoms with van der Waals surface area (Å²) in [6.07, 6.45) is 0. The average Bonchev–Trinajstić information content (AvgIpc) is 3.07. The summed E-state index contributed by atoms with van der Waals surface area (Å²) in [4.78, 5) is 27.7. The molecule has 3 rings (SSSR count). The van der Waals surface area contributed by atoms with Gasteiger partial charge in [0.05, 0.1) is 22.9 Å². The third-order valence-corrected chi connectivity index (χ3v) is 4.33. The van der Waals surface area contributed by atoms with Gasteiger partial charge >= 0.3 is 11.9 Å². The largest absolute Gasteiger partial charge is 0.482 e. The highest BCUT2D eigenvalue weighted by molar-refractivity contribution is 7.18. The van der Waals surface area contributed by atoms with Crippen LogP contribution in [0.1, 0.15) is 15.4 Å². The minimum atomic E-state index is -0.496. The van der Waals surface area contributed by atoms with E-state index in [0.29, 0.717) is 11.3 Å². The molecular weight excluding hydrogens is 342 g/mol. The molecule has 0 amide bonds. The van der Waals surface area contributed by atoms with Crippen molar-refractivity contribution in [1.29, 1.82) is 0 Å². The molecule has 0 atom stereocenters. The number of ether oxygens (including phenoxy) is 3. The lowest BCUT2D eigenvalue weighted by atomic mass is 10.2. The van der Waals surface area contributed by atoms with Gasteiger partial charge in [0, 0.05) is 0 Å². The van der Waals surface area contributed by atoms with Crippen molar-refractivity contribution in [2.45, 2.75) is 6.61 Å². The SMILES string of the molecule is COC(=O)COc1cccc(C(=O)OCc2nc3ccccc3s2)c1. The van der Waals surface area contributed by atoms with Crippen molar-refractivity contribution in [2.24, 2.45) is 0 Å². The number of benzene rings is 2. The first kappa shape index (κ1) is 16.9. The van der Waals surface area contributed by atoms with Crippen LogP contribution in [0.4, 0.5) is 0 Å². The Kier molecular flexibility index (Phi) is 5.25. The molecule has 3 aromatic rings. The Hall–Kier alpha value is -2.93. The van der Waals surface area contributed by atoms with E-state index in [0.717, 1.165) is 15.2 Å². The maximum Gasteiger partial charge on any atom is 0.343 e. The van der Waals surface area contributed by atoms with Gasteiger partial charge in [-0.3, -0.25) is 0 Å². The highest BCUT2D eigenvalue weighted by atomic mass is 32.1. The summed E-state index contributed by atoms with van der Waals surface area (Å²) in [5.74, 6) is -0.591. The Morgan fingerprint density at radius 1 is 1.12 bits per heavy atom. The zero-order valence-corrected chi connectivity index (χ0v) is 14.2. The van der Waals surface area contributed by atoms with E-state index in [1.807, 2.05) is 24.3 Å². The normalized spacial score (nSPS) is 10.4. The number of para-hydroxylation sites is 1. The summed E-state index contributed by atoms with van der Waals surface area (Å²) < 4.78 is 16.1. The number of esters is 2. The van der Waals surface area contributed by atoms with Crippen LogP contribution in [0.5, 0.6) is 5.75 Å². The van der Waals surface area contributed by atoms with Gasteiger partial charge in [-0.25, -0.2) is 14.6 Å². The number of carbonyl (C=O) groups excluding carboxylic acids is 2. The molecule has 0 spiro atoms. The van der Waals surface area contributed by atoms with Gasteiger partial charge in [-0.15, -0.1) is 11.3 Å². The second-order valence-corrected chi connectivity index (χ2v) is 6.16. The lowest BCUT2D eigenvalue weighted by Gasteiger charge is -2.07. The highest BCUT2D eigenvalue weighted by Gasteiger charge is 2.11. The van der Waals surface area contributed by atoms with Crippen molar-refractivity contribution in [3.8, 4) is 5.75 Å². The Morgan fingerprint density at radius 2 is 1.96 bits per heavy atom. The minimum absolute atomic E-state index is 0.103. The number of methoxy groups -OCH3 is 1. The molecule has 0 aliphatic carbocycles. The Balaban J connectivity index is 1.61. The molecule has 0 aliphatic rings. The fraction of sp³-hybridized carbons (Fsp3) is 0.167. The Labute approximate surface area is 148 Å². The summed E-state index contributed by atoms with van der Waals surface area (Å²) in [5.41, 5.74) is 1.22. The highest BCUT2D eigenvalue weighted by Crippen LogP contribution is 2.22. The fourth-order valence-electron chi connectivity index (χ4n) is 2.11. The first-order valence-corrected chi connectivity index (χ1v) is 8.28. The van der Waals surface area contributed by atoms with Gasteiger partial charge in [-0.05, 0) is 30.3 Å². The molecule has 0 unspecified atom stereocenters. The molecule has 7 heteroatoms. The van der Waals surface area contributed by atoms with E-state index in [1.165, 1.54) is 24.5 Å². The van der Waals surface area contributed by atoms with Crippen LogP contribution in [0, 0.1) is 0 Å². The molecule has 1 heterocycles. The van der Waals surface area contributed by atoms with Crippen molar-refractivity contribution in [1.82, 2.24) is 4.98 Å². The maximum atomic E-state index is 12.2. The molecule has 0 N–H and O–H groups in total. The summed E-state index contributed by atoms with van der Waals surface area (Å²) in [6, 6.07) is 14.2. The van der Waals surface area contributed by atoms with Crippen molar-refractivity contribution < 1.29 is 23.8 Å². The third-order valence-electron chi connectivity index (χ3n) is 3.32. The van der Waals surface area contributed by atoms with Gasteiger partial charge in [0.1, 0.15) is 17.4 Å². The second kappa shape index (κ2) is 7.76. The molecule has 0 radical (unpaired) electrons. The molecular formula is C18H15NO5S. The number of thiazole rings is 1. The zero-order chi connectivity index (χ0) is 17.6. The van der Waals surface area contributed by atoms with Gasteiger partial charge in [0.15, 0.2) is 6.61 Å². The molecule has 6 nitrogen and oxygen atoms in total. The zero-order valence-electron chi connectivity index (χ0n) is 13.4. The predicted octanol–water partition coefficient (Wildman–Crippen LogP) is 3.21. The second-order valence-electron chi connectivity index (χ2n) is 5.04. The number of rotatable bonds is 6. The number of hydrogen-bond acceptors (Lipinski definition) is 7. The van der Waals surface area contributed by atoms with Gasteiger partial charge in [0.25, 0.3) is 0 Å². The van der Waals surface area contributed by atoms with Crippen LogP contribution in [-0.2, 0) is 20.9 Å². The molecule has 0 bridgehead atoms. The Bertz CT molecular complexity index is 872. The standard InChI is InChI=1S/C18H15NO5S/c1-22-17(20)11-23-13-6-4-5-12(9-13)18(21)24-10-16-19-14-7-2-3-8-15(14)25-16/h2-9H,10-11H2,1H3. The summed E-state index contributed by atoms with van der Waals surface area (Å²) in [5, 5.41) is 0.729. The first-order valence-electron chi connectivity index (χ1n) is 7.47. The first-order chi connectivity index (χ1) is 12.2. The van der Waals surface area contributed by atoms with Gasteiger partial charge in [0.2, 0.25) is 0 Å². The van der Waals surface area contributed by atoms with Crippen LogP contribution >= 0.6 is 11.3 Å². The fourth-order valence-corrected chi connectivity index (χ4v) is 2.99. The smallest absolute Gasteiger partial charge is 0.343 e. The van der Waals surface area contributed by atoms with E-state index in [-0.39, 0.29) is 13.2 Å². The van der Waals surface area contributed by atoms with E-state index in [2.05, 4.69) is 9.72 Å². The van der Waals surface area contributed by atoms with Crippen LogP contribution in [0.25, 0.3) is 10.2 Å². The monoisotopic (exact) mass is 357 g/mol. The number of fused-ring (bicyclic) bond motifs is 1.